The molecular formula is C18H26N2S. The number of unbranched alkanes of at least 4 members (excludes halogenated alkanes) is 6. The molecule has 0 aliphatic rings. The molecule has 1 heterocycles. The number of hydrogen-bond acceptors (Lipinski definition) is 2. The molecule has 2 nitrogen and oxygen atoms in total. The van der Waals surface area contributed by atoms with Crippen molar-refractivity contribution in [3.05, 3.63) is 42.7 Å². The summed E-state index contributed by atoms with van der Waals surface area (Å²) in [4.78, 5) is 4.49. The molecular weight excluding hydrogens is 276 g/mol. The number of aromatic nitrogens is 2. The number of benzene rings is 1. The van der Waals surface area contributed by atoms with Gasteiger partial charge in [-0.15, -0.1) is 0 Å². The van der Waals surface area contributed by atoms with Crippen LogP contribution in [0.3, 0.4) is 0 Å². The van der Waals surface area contributed by atoms with Crippen LogP contribution in [-0.4, -0.2) is 15.3 Å². The third kappa shape index (κ3) is 5.58. The lowest BCUT2D eigenvalue weighted by atomic mass is 10.1. The van der Waals surface area contributed by atoms with Gasteiger partial charge in [-0.1, -0.05) is 62.4 Å². The third-order valence-electron chi connectivity index (χ3n) is 3.80. The van der Waals surface area contributed by atoms with E-state index >= 15 is 0 Å². The van der Waals surface area contributed by atoms with Gasteiger partial charge in [-0.25, -0.2) is 4.98 Å². The van der Waals surface area contributed by atoms with Gasteiger partial charge in [-0.3, -0.25) is 0 Å². The van der Waals surface area contributed by atoms with Crippen molar-refractivity contribution < 1.29 is 0 Å². The summed E-state index contributed by atoms with van der Waals surface area (Å²) in [5.74, 6) is 2.12. The quantitative estimate of drug-likeness (QED) is 0.471. The second-order valence-electron chi connectivity index (χ2n) is 5.51. The molecule has 0 saturated heterocycles. The molecule has 114 valence electrons. The number of hydrogen-bond donors (Lipinski definition) is 1. The molecule has 0 aliphatic carbocycles. The van der Waals surface area contributed by atoms with Gasteiger partial charge in [0.05, 0.1) is 0 Å². The normalized spacial score (nSPS) is 10.9. The summed E-state index contributed by atoms with van der Waals surface area (Å²) >= 11 is 4.24. The molecule has 2 aromatic rings. The molecule has 2 rings (SSSR count). The molecule has 0 atom stereocenters. The van der Waals surface area contributed by atoms with Crippen molar-refractivity contribution in [3.8, 4) is 11.4 Å². The van der Waals surface area contributed by atoms with Crippen LogP contribution in [0.2, 0.25) is 0 Å². The standard InChI is InChI=1S/C18H26N2S/c21-16-10-5-3-1-2-4-9-14-20-15-13-19-18(20)17-11-7-6-8-12-17/h6-8,11-13,15,21H,1-5,9-10,14,16H2. The van der Waals surface area contributed by atoms with Crippen LogP contribution >= 0.6 is 12.6 Å². The Kier molecular flexibility index (Phi) is 7.44. The molecule has 3 heteroatoms. The largest absolute Gasteiger partial charge is 0.331 e. The van der Waals surface area contributed by atoms with Crippen molar-refractivity contribution in [2.24, 2.45) is 0 Å². The van der Waals surface area contributed by atoms with Crippen LogP contribution in [0.1, 0.15) is 44.9 Å². The monoisotopic (exact) mass is 302 g/mol. The lowest BCUT2D eigenvalue weighted by molar-refractivity contribution is 0.552. The fourth-order valence-corrected chi connectivity index (χ4v) is 2.84. The zero-order valence-corrected chi connectivity index (χ0v) is 13.6. The number of nitrogens with zero attached hydrogens (tertiary/aromatic N) is 2. The topological polar surface area (TPSA) is 17.8 Å². The summed E-state index contributed by atoms with van der Waals surface area (Å²) in [6, 6.07) is 10.4. The average molecular weight is 302 g/mol. The maximum Gasteiger partial charge on any atom is 0.139 e. The van der Waals surface area contributed by atoms with E-state index in [1.54, 1.807) is 0 Å². The average Bonchev–Trinajstić information content (AvgIpc) is 2.99. The van der Waals surface area contributed by atoms with Gasteiger partial charge in [-0.05, 0) is 18.6 Å². The molecule has 0 radical (unpaired) electrons. The minimum atomic E-state index is 1.03. The van der Waals surface area contributed by atoms with Gasteiger partial charge >= 0.3 is 0 Å². The van der Waals surface area contributed by atoms with Crippen LogP contribution in [0, 0.1) is 0 Å². The van der Waals surface area contributed by atoms with Gasteiger partial charge in [-0.2, -0.15) is 12.6 Å². The lowest BCUT2D eigenvalue weighted by Crippen LogP contribution is -1.99. The van der Waals surface area contributed by atoms with Crippen molar-refractivity contribution in [2.45, 2.75) is 51.5 Å². The maximum atomic E-state index is 4.49. The van der Waals surface area contributed by atoms with E-state index in [0.717, 1.165) is 18.1 Å². The first-order valence-corrected chi connectivity index (χ1v) is 8.72. The van der Waals surface area contributed by atoms with Crippen LogP contribution in [0.4, 0.5) is 0 Å². The summed E-state index contributed by atoms with van der Waals surface area (Å²) in [6.07, 6.45) is 13.2. The maximum absolute atomic E-state index is 4.49. The molecule has 0 saturated carbocycles. The Hall–Kier alpha value is -1.22. The van der Waals surface area contributed by atoms with Crippen molar-refractivity contribution in [1.29, 1.82) is 0 Å². The van der Waals surface area contributed by atoms with Gasteiger partial charge in [0.15, 0.2) is 0 Å². The highest BCUT2D eigenvalue weighted by atomic mass is 32.1. The Balaban J connectivity index is 1.69. The highest BCUT2D eigenvalue weighted by molar-refractivity contribution is 7.80. The Morgan fingerprint density at radius 3 is 2.24 bits per heavy atom. The van der Waals surface area contributed by atoms with E-state index in [9.17, 15) is 0 Å². The Morgan fingerprint density at radius 2 is 1.52 bits per heavy atom. The predicted molar refractivity (Wildman–Crippen MR) is 93.8 cm³/mol. The first kappa shape index (κ1) is 16.2. The Bertz CT molecular complexity index is 493. The molecule has 0 bridgehead atoms. The number of thiol groups is 1. The highest BCUT2D eigenvalue weighted by Gasteiger charge is 2.04. The zero-order valence-electron chi connectivity index (χ0n) is 12.7. The SMILES string of the molecule is SCCCCCCCCCn1ccnc1-c1ccccc1. The van der Waals surface area contributed by atoms with Crippen molar-refractivity contribution in [3.63, 3.8) is 0 Å². The molecule has 1 aromatic carbocycles. The number of aryl methyl sites for hydroxylation is 1. The second kappa shape index (κ2) is 9.67. The van der Waals surface area contributed by atoms with Crippen LogP contribution in [0.25, 0.3) is 11.4 Å². The van der Waals surface area contributed by atoms with Gasteiger partial charge < -0.3 is 4.57 Å². The first-order chi connectivity index (χ1) is 10.4. The summed E-state index contributed by atoms with van der Waals surface area (Å²) < 4.78 is 2.27. The molecule has 0 unspecified atom stereocenters. The number of imidazole rings is 1. The third-order valence-corrected chi connectivity index (χ3v) is 4.12. The van der Waals surface area contributed by atoms with E-state index in [1.807, 2.05) is 12.3 Å². The van der Waals surface area contributed by atoms with Gasteiger partial charge in [0.25, 0.3) is 0 Å². The lowest BCUT2D eigenvalue weighted by Gasteiger charge is -2.08. The van der Waals surface area contributed by atoms with Crippen molar-refractivity contribution >= 4 is 12.6 Å². The van der Waals surface area contributed by atoms with Crippen LogP contribution in [-0.2, 0) is 6.54 Å². The molecule has 0 N–H and O–H groups in total. The molecule has 0 aliphatic heterocycles. The van der Waals surface area contributed by atoms with Crippen LogP contribution in [0.15, 0.2) is 42.7 Å². The van der Waals surface area contributed by atoms with Gasteiger partial charge in [0.2, 0.25) is 0 Å². The van der Waals surface area contributed by atoms with E-state index in [-0.39, 0.29) is 0 Å². The first-order valence-electron chi connectivity index (χ1n) is 8.09. The summed E-state index contributed by atoms with van der Waals surface area (Å²) in [5, 5.41) is 0. The minimum Gasteiger partial charge on any atom is -0.331 e. The van der Waals surface area contributed by atoms with E-state index in [0.29, 0.717) is 0 Å². The second-order valence-corrected chi connectivity index (χ2v) is 5.96. The van der Waals surface area contributed by atoms with E-state index in [1.165, 1.54) is 50.5 Å². The zero-order chi connectivity index (χ0) is 14.8. The Morgan fingerprint density at radius 1 is 0.857 bits per heavy atom. The summed E-state index contributed by atoms with van der Waals surface area (Å²) in [5.41, 5.74) is 1.20. The van der Waals surface area contributed by atoms with Crippen LogP contribution < -0.4 is 0 Å². The molecule has 1 aromatic heterocycles. The molecule has 0 amide bonds. The molecule has 0 fully saturated rings. The van der Waals surface area contributed by atoms with Gasteiger partial charge in [0, 0.05) is 24.5 Å². The molecule has 0 spiro atoms. The van der Waals surface area contributed by atoms with Gasteiger partial charge in [0.1, 0.15) is 5.82 Å². The minimum absolute atomic E-state index is 1.03. The van der Waals surface area contributed by atoms with Crippen LogP contribution in [0.5, 0.6) is 0 Å². The number of rotatable bonds is 10. The Labute approximate surface area is 134 Å². The predicted octanol–water partition coefficient (Wildman–Crippen LogP) is 5.21. The van der Waals surface area contributed by atoms with E-state index in [2.05, 4.69) is 52.6 Å². The fraction of sp³-hybridized carbons (Fsp3) is 0.500. The van der Waals surface area contributed by atoms with Crippen molar-refractivity contribution in [1.82, 2.24) is 9.55 Å². The summed E-state index contributed by atoms with van der Waals surface area (Å²) in [6.45, 7) is 1.07. The van der Waals surface area contributed by atoms with Crippen molar-refractivity contribution in [2.75, 3.05) is 5.75 Å². The smallest absolute Gasteiger partial charge is 0.139 e. The molecule has 21 heavy (non-hydrogen) atoms. The summed E-state index contributed by atoms with van der Waals surface area (Å²) in [7, 11) is 0. The van der Waals surface area contributed by atoms with E-state index in [4.69, 9.17) is 0 Å². The van der Waals surface area contributed by atoms with E-state index < -0.39 is 0 Å². The fourth-order valence-electron chi connectivity index (χ4n) is 2.62. The highest BCUT2D eigenvalue weighted by Crippen LogP contribution is 2.17.